The van der Waals surface area contributed by atoms with Crippen LogP contribution in [0, 0.1) is 0 Å². The number of nitrogens with zero attached hydrogens (tertiary/aromatic N) is 3. The first-order valence-electron chi connectivity index (χ1n) is 8.84. The van der Waals surface area contributed by atoms with Gasteiger partial charge in [-0.25, -0.2) is 4.98 Å². The molecule has 0 unspecified atom stereocenters. The first kappa shape index (κ1) is 17.7. The average Bonchev–Trinajstić information content (AvgIpc) is 3.05. The predicted molar refractivity (Wildman–Crippen MR) is 106 cm³/mol. The third-order valence-corrected chi connectivity index (χ3v) is 6.83. The van der Waals surface area contributed by atoms with E-state index in [1.165, 1.54) is 16.9 Å². The van der Waals surface area contributed by atoms with Crippen molar-refractivity contribution in [2.75, 3.05) is 13.7 Å². The zero-order chi connectivity index (χ0) is 17.9. The van der Waals surface area contributed by atoms with Gasteiger partial charge >= 0.3 is 0 Å². The quantitative estimate of drug-likeness (QED) is 0.477. The highest BCUT2D eigenvalue weighted by molar-refractivity contribution is 7.98. The van der Waals surface area contributed by atoms with Gasteiger partial charge in [0, 0.05) is 23.9 Å². The number of fused-ring (bicyclic) bond motifs is 3. The fourth-order valence-electron chi connectivity index (χ4n) is 3.33. The van der Waals surface area contributed by atoms with Gasteiger partial charge in [-0.2, -0.15) is 0 Å². The zero-order valence-electron chi connectivity index (χ0n) is 14.7. The molecule has 3 aromatic heterocycles. The van der Waals surface area contributed by atoms with Crippen LogP contribution in [0.2, 0.25) is 0 Å². The Bertz CT molecular complexity index is 966. The summed E-state index contributed by atoms with van der Waals surface area (Å²) >= 11 is 3.26. The Morgan fingerprint density at radius 3 is 3.00 bits per heavy atom. The van der Waals surface area contributed by atoms with Gasteiger partial charge in [-0.1, -0.05) is 17.8 Å². The van der Waals surface area contributed by atoms with Gasteiger partial charge in [0.1, 0.15) is 4.83 Å². The second kappa shape index (κ2) is 7.90. The predicted octanol–water partition coefficient (Wildman–Crippen LogP) is 3.67. The third kappa shape index (κ3) is 3.43. The molecule has 0 saturated heterocycles. The van der Waals surface area contributed by atoms with Crippen molar-refractivity contribution in [2.45, 2.75) is 43.1 Å². The maximum atomic E-state index is 13.2. The maximum Gasteiger partial charge on any atom is 0.263 e. The molecule has 0 aliphatic heterocycles. The van der Waals surface area contributed by atoms with E-state index in [-0.39, 0.29) is 5.56 Å². The lowest BCUT2D eigenvalue weighted by atomic mass is 9.97. The Morgan fingerprint density at radius 2 is 2.19 bits per heavy atom. The van der Waals surface area contributed by atoms with E-state index in [1.807, 2.05) is 18.2 Å². The van der Waals surface area contributed by atoms with Crippen molar-refractivity contribution in [1.29, 1.82) is 0 Å². The van der Waals surface area contributed by atoms with Crippen LogP contribution in [0.25, 0.3) is 10.2 Å². The summed E-state index contributed by atoms with van der Waals surface area (Å²) < 4.78 is 7.00. The summed E-state index contributed by atoms with van der Waals surface area (Å²) in [6, 6.07) is 5.88. The van der Waals surface area contributed by atoms with Crippen molar-refractivity contribution in [2.24, 2.45) is 0 Å². The number of hydrogen-bond donors (Lipinski definition) is 0. The molecule has 4 rings (SSSR count). The number of pyridine rings is 1. The summed E-state index contributed by atoms with van der Waals surface area (Å²) in [5.74, 6) is 0.691. The molecule has 26 heavy (non-hydrogen) atoms. The summed E-state index contributed by atoms with van der Waals surface area (Å²) in [5.41, 5.74) is 2.30. The molecule has 0 radical (unpaired) electrons. The maximum absolute atomic E-state index is 13.2. The Kier molecular flexibility index (Phi) is 5.38. The number of thiophene rings is 1. The van der Waals surface area contributed by atoms with Crippen LogP contribution in [0.4, 0.5) is 0 Å². The number of aryl methyl sites for hydroxylation is 2. The van der Waals surface area contributed by atoms with Crippen molar-refractivity contribution in [3.63, 3.8) is 0 Å². The number of ether oxygens (including phenoxy) is 1. The monoisotopic (exact) mass is 387 g/mol. The Hall–Kier alpha value is -1.70. The van der Waals surface area contributed by atoms with E-state index in [0.717, 1.165) is 40.3 Å². The zero-order valence-corrected chi connectivity index (χ0v) is 16.4. The molecule has 3 heterocycles. The largest absolute Gasteiger partial charge is 0.383 e. The summed E-state index contributed by atoms with van der Waals surface area (Å²) in [7, 11) is 1.66. The van der Waals surface area contributed by atoms with Crippen LogP contribution in [-0.4, -0.2) is 28.3 Å². The van der Waals surface area contributed by atoms with E-state index in [0.29, 0.717) is 18.9 Å². The molecule has 1 aliphatic rings. The minimum absolute atomic E-state index is 0.0787. The van der Waals surface area contributed by atoms with Gasteiger partial charge in [-0.05, 0) is 43.4 Å². The molecule has 0 spiro atoms. The standard InChI is InChI=1S/C19H21N3O2S2/c1-24-11-10-22-18(23)16-14-7-2-3-8-15(14)26-17(16)21-19(22)25-12-13-6-4-5-9-20-13/h4-6,9H,2-3,7-8,10-12H2,1H3. The minimum Gasteiger partial charge on any atom is -0.383 e. The molecule has 136 valence electrons. The molecular weight excluding hydrogens is 366 g/mol. The van der Waals surface area contributed by atoms with E-state index in [9.17, 15) is 4.79 Å². The Labute approximate surface area is 160 Å². The van der Waals surface area contributed by atoms with E-state index in [4.69, 9.17) is 9.72 Å². The molecule has 1 aliphatic carbocycles. The van der Waals surface area contributed by atoms with E-state index < -0.39 is 0 Å². The molecule has 0 N–H and O–H groups in total. The van der Waals surface area contributed by atoms with Gasteiger partial charge in [0.25, 0.3) is 5.56 Å². The van der Waals surface area contributed by atoms with Gasteiger partial charge in [0.05, 0.1) is 24.2 Å². The van der Waals surface area contributed by atoms with Gasteiger partial charge < -0.3 is 4.74 Å². The molecule has 0 fully saturated rings. The van der Waals surface area contributed by atoms with E-state index >= 15 is 0 Å². The smallest absolute Gasteiger partial charge is 0.263 e. The molecule has 7 heteroatoms. The van der Waals surface area contributed by atoms with Crippen molar-refractivity contribution < 1.29 is 4.74 Å². The molecule has 3 aromatic rings. The van der Waals surface area contributed by atoms with Crippen molar-refractivity contribution in [1.82, 2.24) is 14.5 Å². The topological polar surface area (TPSA) is 57.0 Å². The summed E-state index contributed by atoms with van der Waals surface area (Å²) in [6.45, 7) is 1.02. The van der Waals surface area contributed by atoms with Gasteiger partial charge in [-0.15, -0.1) is 11.3 Å². The summed E-state index contributed by atoms with van der Waals surface area (Å²) in [6.07, 6.45) is 6.23. The molecule has 0 atom stereocenters. The first-order valence-corrected chi connectivity index (χ1v) is 10.6. The van der Waals surface area contributed by atoms with Gasteiger partial charge in [0.15, 0.2) is 5.16 Å². The fraction of sp³-hybridized carbons (Fsp3) is 0.421. The number of methoxy groups -OCH3 is 1. The summed E-state index contributed by atoms with van der Waals surface area (Å²) in [5, 5.41) is 1.59. The minimum atomic E-state index is 0.0787. The van der Waals surface area contributed by atoms with Crippen LogP contribution in [0.5, 0.6) is 0 Å². The van der Waals surface area contributed by atoms with Crippen molar-refractivity contribution >= 4 is 33.3 Å². The fourth-order valence-corrected chi connectivity index (χ4v) is 5.57. The average molecular weight is 388 g/mol. The van der Waals surface area contributed by atoms with Crippen LogP contribution in [-0.2, 0) is 29.9 Å². The normalized spacial score (nSPS) is 13.9. The molecule has 0 amide bonds. The van der Waals surface area contributed by atoms with Crippen LogP contribution in [0.15, 0.2) is 34.3 Å². The third-order valence-electron chi connectivity index (χ3n) is 4.63. The SMILES string of the molecule is COCCn1c(SCc2ccccn2)nc2sc3c(c2c1=O)CCCC3. The van der Waals surface area contributed by atoms with Crippen molar-refractivity contribution in [3.8, 4) is 0 Å². The Morgan fingerprint density at radius 1 is 1.31 bits per heavy atom. The summed E-state index contributed by atoms with van der Waals surface area (Å²) in [4.78, 5) is 24.7. The van der Waals surface area contributed by atoms with Crippen LogP contribution in [0.3, 0.4) is 0 Å². The van der Waals surface area contributed by atoms with Crippen LogP contribution in [0.1, 0.15) is 29.0 Å². The second-order valence-corrected chi connectivity index (χ2v) is 8.37. The molecule has 0 bridgehead atoms. The van der Waals surface area contributed by atoms with Crippen LogP contribution < -0.4 is 5.56 Å². The van der Waals surface area contributed by atoms with Crippen molar-refractivity contribution in [3.05, 3.63) is 50.9 Å². The lowest BCUT2D eigenvalue weighted by Gasteiger charge is -2.13. The van der Waals surface area contributed by atoms with Crippen LogP contribution >= 0.6 is 23.1 Å². The van der Waals surface area contributed by atoms with E-state index in [2.05, 4.69) is 4.98 Å². The highest BCUT2D eigenvalue weighted by atomic mass is 32.2. The lowest BCUT2D eigenvalue weighted by molar-refractivity contribution is 0.183. The van der Waals surface area contributed by atoms with Gasteiger partial charge in [0.2, 0.25) is 0 Å². The highest BCUT2D eigenvalue weighted by Gasteiger charge is 2.22. The first-order chi connectivity index (χ1) is 12.8. The molecule has 0 aromatic carbocycles. The van der Waals surface area contributed by atoms with E-state index in [1.54, 1.807) is 41.0 Å². The highest BCUT2D eigenvalue weighted by Crippen LogP contribution is 2.35. The molecule has 0 saturated carbocycles. The number of rotatable bonds is 6. The molecule has 5 nitrogen and oxygen atoms in total. The number of hydrogen-bond acceptors (Lipinski definition) is 6. The molecular formula is C19H21N3O2S2. The second-order valence-electron chi connectivity index (χ2n) is 6.34. The lowest BCUT2D eigenvalue weighted by Crippen LogP contribution is -2.25. The number of thioether (sulfide) groups is 1. The Balaban J connectivity index is 1.76. The number of aromatic nitrogens is 3. The van der Waals surface area contributed by atoms with Gasteiger partial charge in [-0.3, -0.25) is 14.3 Å².